The normalized spacial score (nSPS) is 11.3. The Hall–Kier alpha value is -3.73. The largest absolute Gasteiger partial charge is 0.507 e. The van der Waals surface area contributed by atoms with Crippen molar-refractivity contribution in [3.63, 3.8) is 0 Å². The third kappa shape index (κ3) is 4.46. The van der Waals surface area contributed by atoms with Crippen molar-refractivity contribution in [2.75, 3.05) is 0 Å². The lowest BCUT2D eigenvalue weighted by Gasteiger charge is -2.21. The highest BCUT2D eigenvalue weighted by atomic mass is 16.5. The summed E-state index contributed by atoms with van der Waals surface area (Å²) in [7, 11) is 0. The Morgan fingerprint density at radius 1 is 0.667 bits per heavy atom. The maximum atomic E-state index is 10.7. The van der Waals surface area contributed by atoms with E-state index in [1.807, 2.05) is 87.5 Å². The summed E-state index contributed by atoms with van der Waals surface area (Å²) in [5.74, 6) is 2.15. The standard InChI is InChI=1S/C25H23N3O2/c1-25(2,3)30-19-14-15-20(21(29)16-19)24-27-22(17-10-6-4-7-11-17)26-23(28-24)18-12-8-5-9-13-18/h4-16,29H,1-3H3. The molecule has 1 heterocycles. The number of rotatable bonds is 4. The van der Waals surface area contributed by atoms with Crippen LogP contribution < -0.4 is 4.74 Å². The van der Waals surface area contributed by atoms with Crippen molar-refractivity contribution in [2.24, 2.45) is 0 Å². The van der Waals surface area contributed by atoms with E-state index >= 15 is 0 Å². The van der Waals surface area contributed by atoms with Crippen LogP contribution in [0, 0.1) is 0 Å². The number of phenolic OH excluding ortho intramolecular Hbond substituents is 1. The summed E-state index contributed by atoms with van der Waals surface area (Å²) in [5, 5.41) is 10.7. The zero-order chi connectivity index (χ0) is 21.1. The van der Waals surface area contributed by atoms with E-state index in [1.54, 1.807) is 12.1 Å². The van der Waals surface area contributed by atoms with Crippen LogP contribution in [0.25, 0.3) is 34.2 Å². The van der Waals surface area contributed by atoms with Gasteiger partial charge in [-0.05, 0) is 32.9 Å². The first-order chi connectivity index (χ1) is 14.4. The molecule has 0 radical (unpaired) electrons. The number of ether oxygens (including phenoxy) is 1. The molecular weight excluding hydrogens is 374 g/mol. The average molecular weight is 397 g/mol. The van der Waals surface area contributed by atoms with E-state index in [-0.39, 0.29) is 11.4 Å². The van der Waals surface area contributed by atoms with Crippen molar-refractivity contribution in [3.05, 3.63) is 78.9 Å². The molecule has 0 aliphatic heterocycles. The fourth-order valence-corrected chi connectivity index (χ4v) is 3.05. The van der Waals surface area contributed by atoms with Crippen LogP contribution in [-0.4, -0.2) is 25.7 Å². The lowest BCUT2D eigenvalue weighted by Crippen LogP contribution is -2.22. The van der Waals surface area contributed by atoms with Gasteiger partial charge in [0.1, 0.15) is 17.1 Å². The Balaban J connectivity index is 1.83. The first kappa shape index (κ1) is 19.6. The smallest absolute Gasteiger partial charge is 0.167 e. The molecule has 1 aromatic heterocycles. The van der Waals surface area contributed by atoms with E-state index in [4.69, 9.17) is 4.74 Å². The molecule has 0 atom stereocenters. The summed E-state index contributed by atoms with van der Waals surface area (Å²) in [6, 6.07) is 24.7. The van der Waals surface area contributed by atoms with Crippen molar-refractivity contribution < 1.29 is 9.84 Å². The summed E-state index contributed by atoms with van der Waals surface area (Å²) >= 11 is 0. The maximum Gasteiger partial charge on any atom is 0.167 e. The quantitative estimate of drug-likeness (QED) is 0.474. The molecule has 0 aliphatic carbocycles. The Morgan fingerprint density at radius 3 is 1.63 bits per heavy atom. The lowest BCUT2D eigenvalue weighted by molar-refractivity contribution is 0.130. The van der Waals surface area contributed by atoms with Crippen molar-refractivity contribution in [3.8, 4) is 45.7 Å². The molecule has 150 valence electrons. The number of nitrogens with zero attached hydrogens (tertiary/aromatic N) is 3. The molecule has 0 saturated heterocycles. The molecule has 0 bridgehead atoms. The SMILES string of the molecule is CC(C)(C)Oc1ccc(-c2nc(-c3ccccc3)nc(-c3ccccc3)n2)c(O)c1. The van der Waals surface area contributed by atoms with Crippen LogP contribution in [-0.2, 0) is 0 Å². The molecule has 0 saturated carbocycles. The number of hydrogen-bond donors (Lipinski definition) is 1. The number of phenols is 1. The highest BCUT2D eigenvalue weighted by molar-refractivity contribution is 5.70. The molecule has 4 rings (SSSR count). The minimum atomic E-state index is -0.359. The minimum absolute atomic E-state index is 0.0565. The summed E-state index contributed by atoms with van der Waals surface area (Å²) in [4.78, 5) is 13.9. The van der Waals surface area contributed by atoms with Gasteiger partial charge in [-0.2, -0.15) is 0 Å². The third-order valence-electron chi connectivity index (χ3n) is 4.33. The summed E-state index contributed by atoms with van der Waals surface area (Å²) in [5.41, 5.74) is 1.92. The number of hydrogen-bond acceptors (Lipinski definition) is 5. The van der Waals surface area contributed by atoms with Crippen LogP contribution in [0.15, 0.2) is 78.9 Å². The fourth-order valence-electron chi connectivity index (χ4n) is 3.05. The molecule has 0 unspecified atom stereocenters. The predicted molar refractivity (Wildman–Crippen MR) is 118 cm³/mol. The molecule has 5 nitrogen and oxygen atoms in total. The second-order valence-electron chi connectivity index (χ2n) is 7.93. The van der Waals surface area contributed by atoms with Gasteiger partial charge in [0.15, 0.2) is 17.5 Å². The predicted octanol–water partition coefficient (Wildman–Crippen LogP) is 5.76. The molecule has 0 fully saturated rings. The van der Waals surface area contributed by atoms with Gasteiger partial charge in [-0.1, -0.05) is 60.7 Å². The Morgan fingerprint density at radius 2 is 1.17 bits per heavy atom. The molecule has 4 aromatic rings. The van der Waals surface area contributed by atoms with E-state index in [0.717, 1.165) is 11.1 Å². The van der Waals surface area contributed by atoms with Crippen molar-refractivity contribution in [1.29, 1.82) is 0 Å². The Labute approximate surface area is 176 Å². The topological polar surface area (TPSA) is 68.1 Å². The van der Waals surface area contributed by atoms with Crippen LogP contribution in [0.1, 0.15) is 20.8 Å². The molecule has 0 amide bonds. The van der Waals surface area contributed by atoms with Gasteiger partial charge < -0.3 is 9.84 Å². The van der Waals surface area contributed by atoms with Crippen LogP contribution in [0.3, 0.4) is 0 Å². The Bertz CT molecular complexity index is 1100. The van der Waals surface area contributed by atoms with Gasteiger partial charge in [0, 0.05) is 17.2 Å². The molecule has 0 spiro atoms. The number of benzene rings is 3. The van der Waals surface area contributed by atoms with Crippen molar-refractivity contribution in [2.45, 2.75) is 26.4 Å². The van der Waals surface area contributed by atoms with Gasteiger partial charge in [0.2, 0.25) is 0 Å². The van der Waals surface area contributed by atoms with Crippen LogP contribution >= 0.6 is 0 Å². The Kier molecular flexibility index (Phi) is 5.19. The van der Waals surface area contributed by atoms with Crippen LogP contribution in [0.5, 0.6) is 11.5 Å². The zero-order valence-electron chi connectivity index (χ0n) is 17.2. The average Bonchev–Trinajstić information content (AvgIpc) is 2.73. The van der Waals surface area contributed by atoms with E-state index in [1.165, 1.54) is 0 Å². The zero-order valence-corrected chi connectivity index (χ0v) is 17.2. The summed E-state index contributed by atoms with van der Waals surface area (Å²) in [6.07, 6.45) is 0. The molecule has 5 heteroatoms. The third-order valence-corrected chi connectivity index (χ3v) is 4.33. The van der Waals surface area contributed by atoms with Gasteiger partial charge in [-0.3, -0.25) is 0 Å². The van der Waals surface area contributed by atoms with Gasteiger partial charge in [-0.15, -0.1) is 0 Å². The maximum absolute atomic E-state index is 10.7. The first-order valence-electron chi connectivity index (χ1n) is 9.78. The van der Waals surface area contributed by atoms with E-state index in [9.17, 15) is 5.11 Å². The van der Waals surface area contributed by atoms with Gasteiger partial charge in [0.25, 0.3) is 0 Å². The molecule has 0 aliphatic rings. The lowest BCUT2D eigenvalue weighted by atomic mass is 10.1. The van der Waals surface area contributed by atoms with E-state index < -0.39 is 0 Å². The second-order valence-corrected chi connectivity index (χ2v) is 7.93. The summed E-state index contributed by atoms with van der Waals surface area (Å²) < 4.78 is 5.85. The number of aromatic hydroxyl groups is 1. The van der Waals surface area contributed by atoms with Gasteiger partial charge in [0.05, 0.1) is 5.56 Å². The van der Waals surface area contributed by atoms with E-state index in [0.29, 0.717) is 28.8 Å². The van der Waals surface area contributed by atoms with Gasteiger partial charge in [-0.25, -0.2) is 15.0 Å². The number of aromatic nitrogens is 3. The van der Waals surface area contributed by atoms with Crippen molar-refractivity contribution >= 4 is 0 Å². The monoisotopic (exact) mass is 397 g/mol. The van der Waals surface area contributed by atoms with Crippen LogP contribution in [0.4, 0.5) is 0 Å². The van der Waals surface area contributed by atoms with Gasteiger partial charge >= 0.3 is 0 Å². The summed E-state index contributed by atoms with van der Waals surface area (Å²) in [6.45, 7) is 5.88. The molecular formula is C25H23N3O2. The second kappa shape index (κ2) is 7.95. The highest BCUT2D eigenvalue weighted by Gasteiger charge is 2.17. The first-order valence-corrected chi connectivity index (χ1v) is 9.78. The highest BCUT2D eigenvalue weighted by Crippen LogP contribution is 2.33. The van der Waals surface area contributed by atoms with Crippen molar-refractivity contribution in [1.82, 2.24) is 15.0 Å². The van der Waals surface area contributed by atoms with Crippen LogP contribution in [0.2, 0.25) is 0 Å². The van der Waals surface area contributed by atoms with E-state index in [2.05, 4.69) is 15.0 Å². The molecule has 3 aromatic carbocycles. The molecule has 30 heavy (non-hydrogen) atoms. The molecule has 1 N–H and O–H groups in total. The fraction of sp³-hybridized carbons (Fsp3) is 0.160. The minimum Gasteiger partial charge on any atom is -0.507 e.